The molecule has 2 heterocycles. The standard InChI is InChI=1S/C36H31NOS/c1-22(21-38)34-17-18-35(39-34)23(2)24-13-16-33-29(19-24)28-10-6-8-12-32(28)37(33)25-14-15-27-26-9-5-7-11-30(26)36(3,4)31(27)20-25/h5-23H,1-4H3. The maximum absolute atomic E-state index is 11.3. The molecule has 1 aliphatic rings. The molecule has 192 valence electrons. The van der Waals surface area contributed by atoms with Gasteiger partial charge in [-0.25, -0.2) is 0 Å². The third kappa shape index (κ3) is 3.57. The van der Waals surface area contributed by atoms with Gasteiger partial charge in [-0.15, -0.1) is 11.3 Å². The minimum Gasteiger partial charge on any atom is -0.309 e. The van der Waals surface area contributed by atoms with Gasteiger partial charge in [0.1, 0.15) is 6.29 Å². The lowest BCUT2D eigenvalue weighted by Gasteiger charge is -2.22. The Morgan fingerprint density at radius 3 is 2.28 bits per heavy atom. The van der Waals surface area contributed by atoms with Crippen LogP contribution in [0.5, 0.6) is 0 Å². The molecule has 0 aliphatic heterocycles. The minimum atomic E-state index is -0.0542. The Morgan fingerprint density at radius 2 is 1.44 bits per heavy atom. The third-order valence-corrected chi connectivity index (χ3v) is 10.2. The normalized spacial score (nSPS) is 15.3. The lowest BCUT2D eigenvalue weighted by Crippen LogP contribution is -2.15. The summed E-state index contributed by atoms with van der Waals surface area (Å²) in [4.78, 5) is 13.7. The number of hydrogen-bond donors (Lipinski definition) is 0. The molecule has 2 aromatic heterocycles. The Morgan fingerprint density at radius 1 is 0.718 bits per heavy atom. The SMILES string of the molecule is CC(C=O)c1ccc(C(C)c2ccc3c(c2)c2ccccc2n3-c2ccc3c(c2)C(C)(C)c2ccccc2-3)s1. The predicted octanol–water partition coefficient (Wildman–Crippen LogP) is 9.61. The summed E-state index contributed by atoms with van der Waals surface area (Å²) < 4.78 is 2.42. The molecule has 1 aliphatic carbocycles. The van der Waals surface area contributed by atoms with Crippen LogP contribution in [0.3, 0.4) is 0 Å². The summed E-state index contributed by atoms with van der Waals surface area (Å²) in [5, 5.41) is 2.54. The molecular weight excluding hydrogens is 494 g/mol. The van der Waals surface area contributed by atoms with Crippen LogP contribution >= 0.6 is 11.3 Å². The van der Waals surface area contributed by atoms with Gasteiger partial charge in [0.05, 0.1) is 11.0 Å². The molecule has 0 saturated heterocycles. The van der Waals surface area contributed by atoms with E-state index in [9.17, 15) is 4.79 Å². The second-order valence-corrected chi connectivity index (χ2v) is 12.6. The van der Waals surface area contributed by atoms with Crippen LogP contribution in [0.1, 0.15) is 66.0 Å². The first-order valence-corrected chi connectivity index (χ1v) is 14.5. The van der Waals surface area contributed by atoms with E-state index >= 15 is 0 Å². The van der Waals surface area contributed by atoms with Gasteiger partial charge in [0.2, 0.25) is 0 Å². The lowest BCUT2D eigenvalue weighted by atomic mass is 9.82. The number of para-hydroxylation sites is 1. The van der Waals surface area contributed by atoms with Crippen LogP contribution in [-0.4, -0.2) is 10.9 Å². The molecule has 2 unspecified atom stereocenters. The zero-order valence-electron chi connectivity index (χ0n) is 22.7. The molecule has 0 radical (unpaired) electrons. The monoisotopic (exact) mass is 525 g/mol. The zero-order chi connectivity index (χ0) is 26.9. The molecule has 0 amide bonds. The Kier molecular flexibility index (Phi) is 5.43. The summed E-state index contributed by atoms with van der Waals surface area (Å²) in [7, 11) is 0. The number of nitrogens with zero attached hydrogens (tertiary/aromatic N) is 1. The molecule has 2 nitrogen and oxygen atoms in total. The fourth-order valence-electron chi connectivity index (χ4n) is 6.45. The van der Waals surface area contributed by atoms with E-state index in [1.807, 2.05) is 6.92 Å². The van der Waals surface area contributed by atoms with Gasteiger partial charge in [0, 0.05) is 43.5 Å². The summed E-state index contributed by atoms with van der Waals surface area (Å²) in [6, 6.07) is 35.8. The lowest BCUT2D eigenvalue weighted by molar-refractivity contribution is -0.108. The first-order valence-electron chi connectivity index (χ1n) is 13.7. The molecule has 7 rings (SSSR count). The van der Waals surface area contributed by atoms with Crippen LogP contribution in [0.4, 0.5) is 0 Å². The van der Waals surface area contributed by atoms with Gasteiger partial charge in [0.15, 0.2) is 0 Å². The van der Waals surface area contributed by atoms with Crippen molar-refractivity contribution < 1.29 is 4.79 Å². The number of fused-ring (bicyclic) bond motifs is 6. The van der Waals surface area contributed by atoms with Gasteiger partial charge < -0.3 is 9.36 Å². The first-order chi connectivity index (χ1) is 18.9. The Labute approximate surface area is 233 Å². The first kappa shape index (κ1) is 24.1. The van der Waals surface area contributed by atoms with Gasteiger partial charge in [-0.2, -0.15) is 0 Å². The average molecular weight is 526 g/mol. The molecular formula is C36H31NOS. The largest absolute Gasteiger partial charge is 0.309 e. The highest BCUT2D eigenvalue weighted by Crippen LogP contribution is 2.49. The molecule has 2 atom stereocenters. The molecule has 0 N–H and O–H groups in total. The van der Waals surface area contributed by atoms with E-state index in [2.05, 4.69) is 122 Å². The van der Waals surface area contributed by atoms with E-state index in [-0.39, 0.29) is 17.3 Å². The number of rotatable bonds is 5. The fraction of sp³-hybridized carbons (Fsp3) is 0.194. The number of thiophene rings is 1. The number of benzene rings is 4. The average Bonchev–Trinajstić information content (AvgIpc) is 3.64. The number of hydrogen-bond acceptors (Lipinski definition) is 2. The van der Waals surface area contributed by atoms with Gasteiger partial charge in [-0.1, -0.05) is 82.3 Å². The summed E-state index contributed by atoms with van der Waals surface area (Å²) in [5.74, 6) is 0.204. The summed E-state index contributed by atoms with van der Waals surface area (Å²) >= 11 is 1.75. The Balaban J connectivity index is 1.37. The van der Waals surface area contributed by atoms with Crippen LogP contribution in [0.2, 0.25) is 0 Å². The summed E-state index contributed by atoms with van der Waals surface area (Å²) in [5.41, 5.74) is 10.4. The maximum atomic E-state index is 11.3. The maximum Gasteiger partial charge on any atom is 0.127 e. The molecule has 4 aromatic carbocycles. The van der Waals surface area contributed by atoms with Crippen molar-refractivity contribution in [2.45, 2.75) is 44.9 Å². The van der Waals surface area contributed by atoms with E-state index in [4.69, 9.17) is 0 Å². The number of carbonyl (C=O) groups is 1. The summed E-state index contributed by atoms with van der Waals surface area (Å²) in [6.07, 6.45) is 1.03. The van der Waals surface area contributed by atoms with Crippen LogP contribution in [-0.2, 0) is 10.2 Å². The molecule has 0 bridgehead atoms. The highest BCUT2D eigenvalue weighted by Gasteiger charge is 2.35. The zero-order valence-corrected chi connectivity index (χ0v) is 23.5. The van der Waals surface area contributed by atoms with Crippen LogP contribution in [0.15, 0.2) is 97.1 Å². The number of aldehydes is 1. The second kappa shape index (κ2) is 8.79. The van der Waals surface area contributed by atoms with Crippen molar-refractivity contribution in [3.63, 3.8) is 0 Å². The van der Waals surface area contributed by atoms with Gasteiger partial charge in [0.25, 0.3) is 0 Å². The van der Waals surface area contributed by atoms with Crippen molar-refractivity contribution in [2.75, 3.05) is 0 Å². The highest BCUT2D eigenvalue weighted by atomic mass is 32.1. The van der Waals surface area contributed by atoms with E-state index in [1.54, 1.807) is 11.3 Å². The fourth-order valence-corrected chi connectivity index (χ4v) is 7.55. The van der Waals surface area contributed by atoms with Crippen LogP contribution in [0, 0.1) is 0 Å². The Hall–Kier alpha value is -3.95. The molecule has 6 aromatic rings. The van der Waals surface area contributed by atoms with Crippen molar-refractivity contribution >= 4 is 39.4 Å². The molecule has 0 fully saturated rings. The van der Waals surface area contributed by atoms with Gasteiger partial charge >= 0.3 is 0 Å². The van der Waals surface area contributed by atoms with E-state index < -0.39 is 0 Å². The molecule has 39 heavy (non-hydrogen) atoms. The van der Waals surface area contributed by atoms with Crippen molar-refractivity contribution in [1.29, 1.82) is 0 Å². The second-order valence-electron chi connectivity index (χ2n) is 11.4. The third-order valence-electron chi connectivity index (χ3n) is 8.75. The number of carbonyl (C=O) groups excluding carboxylic acids is 1. The predicted molar refractivity (Wildman–Crippen MR) is 165 cm³/mol. The van der Waals surface area contributed by atoms with Gasteiger partial charge in [-0.3, -0.25) is 0 Å². The summed E-state index contributed by atoms with van der Waals surface area (Å²) in [6.45, 7) is 8.91. The molecule has 3 heteroatoms. The smallest absolute Gasteiger partial charge is 0.127 e. The molecule has 0 saturated carbocycles. The topological polar surface area (TPSA) is 22.0 Å². The van der Waals surface area contributed by atoms with Crippen molar-refractivity contribution in [3.05, 3.63) is 124 Å². The van der Waals surface area contributed by atoms with E-state index in [0.29, 0.717) is 0 Å². The van der Waals surface area contributed by atoms with Gasteiger partial charge in [-0.05, 0) is 70.3 Å². The highest BCUT2D eigenvalue weighted by molar-refractivity contribution is 7.12. The Bertz CT molecular complexity index is 1900. The van der Waals surface area contributed by atoms with Crippen molar-refractivity contribution in [1.82, 2.24) is 4.57 Å². The van der Waals surface area contributed by atoms with Crippen LogP contribution < -0.4 is 0 Å². The van der Waals surface area contributed by atoms with Crippen molar-refractivity contribution in [3.8, 4) is 16.8 Å². The minimum absolute atomic E-state index is 0.0375. The number of aromatic nitrogens is 1. The van der Waals surface area contributed by atoms with E-state index in [0.717, 1.165) is 11.2 Å². The molecule has 0 spiro atoms. The quantitative estimate of drug-likeness (QED) is 0.205. The van der Waals surface area contributed by atoms with Crippen molar-refractivity contribution in [2.24, 2.45) is 0 Å². The van der Waals surface area contributed by atoms with E-state index in [1.165, 1.54) is 60.2 Å². The van der Waals surface area contributed by atoms with Crippen LogP contribution in [0.25, 0.3) is 38.6 Å².